The Balaban J connectivity index is 2.44. The number of hydrogen-bond acceptors (Lipinski definition) is 2. The van der Waals surface area contributed by atoms with Crippen LogP contribution in [0.2, 0.25) is 0 Å². The van der Waals surface area contributed by atoms with Crippen LogP contribution in [0.4, 0.5) is 8.78 Å². The molecule has 0 aliphatic carbocycles. The molecule has 0 fully saturated rings. The van der Waals surface area contributed by atoms with Crippen molar-refractivity contribution in [3.05, 3.63) is 29.7 Å². The van der Waals surface area contributed by atoms with E-state index in [2.05, 4.69) is 4.98 Å². The minimum absolute atomic E-state index is 0.0258. The number of rotatable bonds is 1. The van der Waals surface area contributed by atoms with Gasteiger partial charge >= 0.3 is 0 Å². The highest BCUT2D eigenvalue weighted by atomic mass is 19.2. The lowest BCUT2D eigenvalue weighted by atomic mass is 9.92. The monoisotopic (exact) mass is 225 g/mol. The summed E-state index contributed by atoms with van der Waals surface area (Å²) in [5.74, 6) is -1.30. The molecule has 2 rings (SSSR count). The van der Waals surface area contributed by atoms with Crippen LogP contribution in [-0.4, -0.2) is 4.98 Å². The van der Waals surface area contributed by atoms with Gasteiger partial charge in [0.2, 0.25) is 0 Å². The van der Waals surface area contributed by atoms with E-state index >= 15 is 0 Å². The molecule has 0 saturated heterocycles. The van der Waals surface area contributed by atoms with Crippen LogP contribution >= 0.6 is 0 Å². The molecule has 86 valence electrons. The van der Waals surface area contributed by atoms with E-state index in [4.69, 9.17) is 4.42 Å². The van der Waals surface area contributed by atoms with Crippen molar-refractivity contribution < 1.29 is 13.2 Å². The van der Waals surface area contributed by atoms with Crippen LogP contribution in [0.25, 0.3) is 11.1 Å². The highest BCUT2D eigenvalue weighted by Crippen LogP contribution is 2.24. The van der Waals surface area contributed by atoms with Crippen molar-refractivity contribution in [2.24, 2.45) is 5.41 Å². The lowest BCUT2D eigenvalue weighted by Crippen LogP contribution is -2.09. The summed E-state index contributed by atoms with van der Waals surface area (Å²) in [7, 11) is 0. The molecule has 1 aromatic heterocycles. The lowest BCUT2D eigenvalue weighted by molar-refractivity contribution is 0.361. The van der Waals surface area contributed by atoms with Gasteiger partial charge in [-0.3, -0.25) is 0 Å². The summed E-state index contributed by atoms with van der Waals surface area (Å²) in [5, 5.41) is 0. The average molecular weight is 225 g/mol. The van der Waals surface area contributed by atoms with Gasteiger partial charge in [0.25, 0.3) is 0 Å². The minimum Gasteiger partial charge on any atom is -0.441 e. The molecule has 0 atom stereocenters. The molecule has 0 spiro atoms. The molecule has 0 unspecified atom stereocenters. The van der Waals surface area contributed by atoms with Gasteiger partial charge in [-0.25, -0.2) is 13.8 Å². The third-order valence-electron chi connectivity index (χ3n) is 2.16. The van der Waals surface area contributed by atoms with Crippen molar-refractivity contribution in [3.63, 3.8) is 0 Å². The van der Waals surface area contributed by atoms with Crippen LogP contribution < -0.4 is 0 Å². The standard InChI is InChI=1S/C12H13F2NO/c1-12(2,3)6-11-15-9-4-7(13)8(14)5-10(9)16-11/h4-5H,6H2,1-3H3. The summed E-state index contributed by atoms with van der Waals surface area (Å²) in [6, 6.07) is 2.09. The summed E-state index contributed by atoms with van der Waals surface area (Å²) in [6.07, 6.45) is 0.630. The predicted molar refractivity (Wildman–Crippen MR) is 57.1 cm³/mol. The zero-order chi connectivity index (χ0) is 11.9. The Bertz CT molecular complexity index is 487. The molecule has 0 radical (unpaired) electrons. The maximum Gasteiger partial charge on any atom is 0.196 e. The molecule has 0 aliphatic rings. The van der Waals surface area contributed by atoms with Crippen molar-refractivity contribution in [3.8, 4) is 0 Å². The number of oxazole rings is 1. The predicted octanol–water partition coefficient (Wildman–Crippen LogP) is 3.69. The number of aromatic nitrogens is 1. The first-order valence-corrected chi connectivity index (χ1v) is 5.10. The fourth-order valence-corrected chi connectivity index (χ4v) is 1.50. The van der Waals surface area contributed by atoms with E-state index in [1.54, 1.807) is 0 Å². The van der Waals surface area contributed by atoms with Gasteiger partial charge < -0.3 is 4.42 Å². The van der Waals surface area contributed by atoms with E-state index < -0.39 is 11.6 Å². The van der Waals surface area contributed by atoms with Crippen LogP contribution in [0, 0.1) is 17.0 Å². The highest BCUT2D eigenvalue weighted by Gasteiger charge is 2.17. The van der Waals surface area contributed by atoms with Crippen LogP contribution in [0.15, 0.2) is 16.5 Å². The van der Waals surface area contributed by atoms with Gasteiger partial charge in [-0.2, -0.15) is 0 Å². The molecule has 2 aromatic rings. The van der Waals surface area contributed by atoms with Crippen LogP contribution in [0.1, 0.15) is 26.7 Å². The van der Waals surface area contributed by atoms with E-state index in [1.807, 2.05) is 20.8 Å². The second kappa shape index (κ2) is 3.54. The topological polar surface area (TPSA) is 26.0 Å². The van der Waals surface area contributed by atoms with Crippen molar-refractivity contribution in [1.29, 1.82) is 0 Å². The Labute approximate surface area is 92.3 Å². The first-order chi connectivity index (χ1) is 7.35. The second-order valence-electron chi connectivity index (χ2n) is 5.08. The summed E-state index contributed by atoms with van der Waals surface area (Å²) < 4.78 is 31.2. The molecule has 1 heterocycles. The third-order valence-corrected chi connectivity index (χ3v) is 2.16. The fraction of sp³-hybridized carbons (Fsp3) is 0.417. The largest absolute Gasteiger partial charge is 0.441 e. The molecule has 1 aromatic carbocycles. The summed E-state index contributed by atoms with van der Waals surface area (Å²) in [5.41, 5.74) is 0.675. The zero-order valence-electron chi connectivity index (χ0n) is 9.47. The molecule has 0 saturated carbocycles. The number of halogens is 2. The molecule has 16 heavy (non-hydrogen) atoms. The summed E-state index contributed by atoms with van der Waals surface area (Å²) in [6.45, 7) is 6.13. The summed E-state index contributed by atoms with van der Waals surface area (Å²) >= 11 is 0. The zero-order valence-corrected chi connectivity index (χ0v) is 9.47. The quantitative estimate of drug-likeness (QED) is 0.739. The fourth-order valence-electron chi connectivity index (χ4n) is 1.50. The smallest absolute Gasteiger partial charge is 0.196 e. The molecular formula is C12H13F2NO. The average Bonchev–Trinajstić information content (AvgIpc) is 2.44. The van der Waals surface area contributed by atoms with Gasteiger partial charge in [-0.05, 0) is 5.41 Å². The molecule has 4 heteroatoms. The maximum atomic E-state index is 12.9. The Morgan fingerprint density at radius 1 is 1.19 bits per heavy atom. The molecule has 0 aliphatic heterocycles. The van der Waals surface area contributed by atoms with E-state index in [0.29, 0.717) is 17.8 Å². The molecular weight excluding hydrogens is 212 g/mol. The Kier molecular flexibility index (Phi) is 2.45. The SMILES string of the molecule is CC(C)(C)Cc1nc2cc(F)c(F)cc2o1. The second-order valence-corrected chi connectivity index (χ2v) is 5.08. The van der Waals surface area contributed by atoms with Crippen LogP contribution in [-0.2, 0) is 6.42 Å². The molecule has 2 nitrogen and oxygen atoms in total. The lowest BCUT2D eigenvalue weighted by Gasteiger charge is -2.14. The Morgan fingerprint density at radius 3 is 2.44 bits per heavy atom. The van der Waals surface area contributed by atoms with E-state index in [9.17, 15) is 8.78 Å². The minimum atomic E-state index is -0.911. The van der Waals surface area contributed by atoms with Crippen molar-refractivity contribution in [2.75, 3.05) is 0 Å². The van der Waals surface area contributed by atoms with Gasteiger partial charge in [0.05, 0.1) is 0 Å². The number of nitrogens with zero attached hydrogens (tertiary/aromatic N) is 1. The first-order valence-electron chi connectivity index (χ1n) is 5.10. The van der Waals surface area contributed by atoms with Crippen molar-refractivity contribution >= 4 is 11.1 Å². The Hall–Kier alpha value is -1.45. The molecule has 0 amide bonds. The highest BCUT2D eigenvalue weighted by molar-refractivity contribution is 5.72. The van der Waals surface area contributed by atoms with Gasteiger partial charge in [-0.15, -0.1) is 0 Å². The number of benzene rings is 1. The van der Waals surface area contributed by atoms with Gasteiger partial charge in [0.1, 0.15) is 5.52 Å². The maximum absolute atomic E-state index is 12.9. The van der Waals surface area contributed by atoms with Crippen molar-refractivity contribution in [1.82, 2.24) is 4.98 Å². The van der Waals surface area contributed by atoms with Crippen LogP contribution in [0.5, 0.6) is 0 Å². The Morgan fingerprint density at radius 2 is 1.81 bits per heavy atom. The van der Waals surface area contributed by atoms with E-state index in [-0.39, 0.29) is 11.0 Å². The van der Waals surface area contributed by atoms with Gasteiger partial charge in [0, 0.05) is 18.6 Å². The first kappa shape index (κ1) is 11.0. The van der Waals surface area contributed by atoms with Crippen molar-refractivity contribution in [2.45, 2.75) is 27.2 Å². The summed E-state index contributed by atoms with van der Waals surface area (Å²) in [4.78, 5) is 4.13. The third kappa shape index (κ3) is 2.21. The normalized spacial score (nSPS) is 12.3. The van der Waals surface area contributed by atoms with E-state index in [1.165, 1.54) is 0 Å². The van der Waals surface area contributed by atoms with E-state index in [0.717, 1.165) is 12.1 Å². The van der Waals surface area contributed by atoms with Gasteiger partial charge in [-0.1, -0.05) is 20.8 Å². The molecule has 0 N–H and O–H groups in total. The van der Waals surface area contributed by atoms with Crippen LogP contribution in [0.3, 0.4) is 0 Å². The van der Waals surface area contributed by atoms with Gasteiger partial charge in [0.15, 0.2) is 23.1 Å². The number of hydrogen-bond donors (Lipinski definition) is 0. The molecule has 0 bridgehead atoms. The number of fused-ring (bicyclic) bond motifs is 1.